The fourth-order valence-electron chi connectivity index (χ4n) is 1.45. The largest absolute Gasteiger partial charge is 0.481 e. The van der Waals surface area contributed by atoms with E-state index in [1.807, 2.05) is 0 Å². The number of carboxylic acid groups (broad SMARTS) is 1. The van der Waals surface area contributed by atoms with Crippen molar-refractivity contribution in [1.29, 1.82) is 0 Å². The predicted octanol–water partition coefficient (Wildman–Crippen LogP) is 3.60. The molecule has 0 saturated heterocycles. The topological polar surface area (TPSA) is 59.7 Å². The summed E-state index contributed by atoms with van der Waals surface area (Å²) in [7, 11) is 0. The SMILES string of the molecule is O=C(O)c1ccoc1COc1c(F)cc(F)cc1Br. The first-order chi connectivity index (χ1) is 8.99. The van der Waals surface area contributed by atoms with Crippen LogP contribution in [0.1, 0.15) is 16.1 Å². The quantitative estimate of drug-likeness (QED) is 0.929. The van der Waals surface area contributed by atoms with Crippen LogP contribution in [0.2, 0.25) is 0 Å². The van der Waals surface area contributed by atoms with Crippen molar-refractivity contribution in [3.63, 3.8) is 0 Å². The number of aromatic carboxylic acids is 1. The van der Waals surface area contributed by atoms with Gasteiger partial charge in [-0.1, -0.05) is 0 Å². The molecule has 0 spiro atoms. The molecular formula is C12H7BrF2O4. The number of ether oxygens (including phenoxy) is 1. The van der Waals surface area contributed by atoms with E-state index in [-0.39, 0.29) is 28.2 Å². The highest BCUT2D eigenvalue weighted by atomic mass is 79.9. The van der Waals surface area contributed by atoms with E-state index >= 15 is 0 Å². The van der Waals surface area contributed by atoms with E-state index in [0.29, 0.717) is 6.07 Å². The Kier molecular flexibility index (Phi) is 3.84. The molecule has 2 aromatic rings. The molecule has 0 aliphatic rings. The number of furan rings is 1. The molecule has 0 atom stereocenters. The van der Waals surface area contributed by atoms with Crippen molar-refractivity contribution in [2.45, 2.75) is 6.61 Å². The summed E-state index contributed by atoms with van der Waals surface area (Å²) in [6, 6.07) is 2.97. The average molecular weight is 333 g/mol. The molecule has 1 heterocycles. The van der Waals surface area contributed by atoms with E-state index in [1.54, 1.807) is 0 Å². The van der Waals surface area contributed by atoms with Crippen molar-refractivity contribution in [3.8, 4) is 5.75 Å². The predicted molar refractivity (Wildman–Crippen MR) is 64.1 cm³/mol. The molecule has 100 valence electrons. The van der Waals surface area contributed by atoms with E-state index in [4.69, 9.17) is 14.3 Å². The third-order valence-corrected chi connectivity index (χ3v) is 2.88. The van der Waals surface area contributed by atoms with Gasteiger partial charge < -0.3 is 14.3 Å². The van der Waals surface area contributed by atoms with Crippen LogP contribution in [0.5, 0.6) is 5.75 Å². The molecule has 0 radical (unpaired) electrons. The zero-order valence-corrected chi connectivity index (χ0v) is 10.9. The van der Waals surface area contributed by atoms with Gasteiger partial charge in [-0.2, -0.15) is 0 Å². The summed E-state index contributed by atoms with van der Waals surface area (Å²) in [4.78, 5) is 10.8. The van der Waals surface area contributed by atoms with E-state index in [1.165, 1.54) is 12.3 Å². The Balaban J connectivity index is 2.19. The Morgan fingerprint density at radius 1 is 1.42 bits per heavy atom. The third kappa shape index (κ3) is 2.93. The number of hydrogen-bond acceptors (Lipinski definition) is 3. The van der Waals surface area contributed by atoms with Gasteiger partial charge >= 0.3 is 5.97 Å². The van der Waals surface area contributed by atoms with E-state index in [2.05, 4.69) is 15.9 Å². The van der Waals surface area contributed by atoms with Crippen LogP contribution in [0.15, 0.2) is 33.4 Å². The second-order valence-electron chi connectivity index (χ2n) is 3.55. The fraction of sp³-hybridized carbons (Fsp3) is 0.0833. The molecule has 0 aliphatic carbocycles. The van der Waals surface area contributed by atoms with Crippen LogP contribution in [0.3, 0.4) is 0 Å². The van der Waals surface area contributed by atoms with Crippen LogP contribution in [0.4, 0.5) is 8.78 Å². The van der Waals surface area contributed by atoms with Gasteiger partial charge in [0.15, 0.2) is 17.3 Å². The molecule has 7 heteroatoms. The molecule has 4 nitrogen and oxygen atoms in total. The van der Waals surface area contributed by atoms with Crippen LogP contribution in [0, 0.1) is 11.6 Å². The van der Waals surface area contributed by atoms with Gasteiger partial charge in [0.2, 0.25) is 0 Å². The van der Waals surface area contributed by atoms with Crippen molar-refractivity contribution in [1.82, 2.24) is 0 Å². The Hall–Kier alpha value is -1.89. The Bertz CT molecular complexity index is 601. The lowest BCUT2D eigenvalue weighted by Crippen LogP contribution is -2.04. The van der Waals surface area contributed by atoms with Gasteiger partial charge in [-0.15, -0.1) is 0 Å². The van der Waals surface area contributed by atoms with Crippen molar-refractivity contribution < 1.29 is 27.8 Å². The Morgan fingerprint density at radius 3 is 2.79 bits per heavy atom. The van der Waals surface area contributed by atoms with Gasteiger partial charge in [-0.05, 0) is 28.1 Å². The van der Waals surface area contributed by atoms with Crippen molar-refractivity contribution in [2.24, 2.45) is 0 Å². The lowest BCUT2D eigenvalue weighted by molar-refractivity contribution is 0.0691. The van der Waals surface area contributed by atoms with Crippen LogP contribution in [-0.4, -0.2) is 11.1 Å². The average Bonchev–Trinajstić information content (AvgIpc) is 2.75. The monoisotopic (exact) mass is 332 g/mol. The molecule has 0 saturated carbocycles. The fourth-order valence-corrected chi connectivity index (χ4v) is 1.97. The highest BCUT2D eigenvalue weighted by Crippen LogP contribution is 2.30. The first-order valence-corrected chi connectivity index (χ1v) is 5.85. The van der Waals surface area contributed by atoms with E-state index < -0.39 is 17.6 Å². The minimum Gasteiger partial charge on any atom is -0.481 e. The summed E-state index contributed by atoms with van der Waals surface area (Å²) in [5.74, 6) is -2.99. The normalized spacial score (nSPS) is 10.5. The lowest BCUT2D eigenvalue weighted by Gasteiger charge is -2.08. The minimum absolute atomic E-state index is 0.0446. The van der Waals surface area contributed by atoms with Gasteiger partial charge in [0.05, 0.1) is 10.7 Å². The van der Waals surface area contributed by atoms with Crippen LogP contribution < -0.4 is 4.74 Å². The molecule has 19 heavy (non-hydrogen) atoms. The Morgan fingerprint density at radius 2 is 2.16 bits per heavy atom. The molecule has 1 N–H and O–H groups in total. The van der Waals surface area contributed by atoms with Crippen LogP contribution in [0.25, 0.3) is 0 Å². The first-order valence-electron chi connectivity index (χ1n) is 5.06. The summed E-state index contributed by atoms with van der Waals surface area (Å²) >= 11 is 2.96. The molecule has 1 aromatic heterocycles. The molecule has 0 bridgehead atoms. The first kappa shape index (κ1) is 13.5. The van der Waals surface area contributed by atoms with Gasteiger partial charge in [-0.25, -0.2) is 13.6 Å². The number of benzene rings is 1. The van der Waals surface area contributed by atoms with E-state index in [9.17, 15) is 13.6 Å². The van der Waals surface area contributed by atoms with Crippen LogP contribution in [-0.2, 0) is 6.61 Å². The van der Waals surface area contributed by atoms with Crippen LogP contribution >= 0.6 is 15.9 Å². The summed E-state index contributed by atoms with van der Waals surface area (Å²) < 4.78 is 36.5. The zero-order chi connectivity index (χ0) is 14.0. The number of carbonyl (C=O) groups is 1. The number of carboxylic acids is 1. The number of halogens is 3. The second-order valence-corrected chi connectivity index (χ2v) is 4.40. The highest BCUT2D eigenvalue weighted by Gasteiger charge is 2.16. The van der Waals surface area contributed by atoms with Gasteiger partial charge in [0.1, 0.15) is 18.0 Å². The third-order valence-electron chi connectivity index (χ3n) is 2.29. The lowest BCUT2D eigenvalue weighted by atomic mass is 10.2. The van der Waals surface area contributed by atoms with Crippen molar-refractivity contribution in [3.05, 3.63) is 51.9 Å². The molecule has 0 amide bonds. The summed E-state index contributed by atoms with van der Waals surface area (Å²) in [6.45, 7) is -0.282. The highest BCUT2D eigenvalue weighted by molar-refractivity contribution is 9.10. The molecule has 1 aromatic carbocycles. The molecule has 2 rings (SSSR count). The zero-order valence-electron chi connectivity index (χ0n) is 9.32. The summed E-state index contributed by atoms with van der Waals surface area (Å²) in [5.41, 5.74) is -0.0707. The second kappa shape index (κ2) is 5.40. The standard InChI is InChI=1S/C12H7BrF2O4/c13-8-3-6(14)4-9(15)11(8)19-5-10-7(12(16)17)1-2-18-10/h1-4H,5H2,(H,16,17). The summed E-state index contributed by atoms with van der Waals surface area (Å²) in [5, 5.41) is 8.85. The summed E-state index contributed by atoms with van der Waals surface area (Å²) in [6.07, 6.45) is 1.19. The number of hydrogen-bond donors (Lipinski definition) is 1. The molecule has 0 fully saturated rings. The molecular weight excluding hydrogens is 326 g/mol. The smallest absolute Gasteiger partial charge is 0.339 e. The molecule has 0 aliphatic heterocycles. The number of rotatable bonds is 4. The van der Waals surface area contributed by atoms with Crippen molar-refractivity contribution in [2.75, 3.05) is 0 Å². The minimum atomic E-state index is -1.18. The van der Waals surface area contributed by atoms with Gasteiger partial charge in [0.25, 0.3) is 0 Å². The maximum atomic E-state index is 13.5. The molecule has 0 unspecified atom stereocenters. The van der Waals surface area contributed by atoms with Gasteiger partial charge in [0, 0.05) is 6.07 Å². The van der Waals surface area contributed by atoms with Crippen molar-refractivity contribution >= 4 is 21.9 Å². The van der Waals surface area contributed by atoms with E-state index in [0.717, 1.165) is 6.07 Å². The maximum Gasteiger partial charge on any atom is 0.339 e. The Labute approximate surface area is 114 Å². The van der Waals surface area contributed by atoms with Gasteiger partial charge in [-0.3, -0.25) is 0 Å². The maximum absolute atomic E-state index is 13.5.